The third-order valence-corrected chi connectivity index (χ3v) is 4.19. The summed E-state index contributed by atoms with van der Waals surface area (Å²) in [5.41, 5.74) is 2.45. The van der Waals surface area contributed by atoms with Crippen LogP contribution in [-0.2, 0) is 0 Å². The van der Waals surface area contributed by atoms with E-state index in [1.54, 1.807) is 6.20 Å². The first-order valence-corrected chi connectivity index (χ1v) is 7.40. The van der Waals surface area contributed by atoms with Crippen molar-refractivity contribution < 1.29 is 9.32 Å². The predicted molar refractivity (Wildman–Crippen MR) is 80.3 cm³/mol. The Hall–Kier alpha value is -2.63. The highest BCUT2D eigenvalue weighted by Gasteiger charge is 2.32. The van der Waals surface area contributed by atoms with Gasteiger partial charge in [-0.05, 0) is 38.0 Å². The van der Waals surface area contributed by atoms with Crippen LogP contribution in [0.1, 0.15) is 40.7 Å². The number of nitrogens with one attached hydrogen (secondary N) is 1. The van der Waals surface area contributed by atoms with Gasteiger partial charge in [0.15, 0.2) is 0 Å². The lowest BCUT2D eigenvalue weighted by atomic mass is 10.1. The number of carbonyl (C=O) groups excluding carboxylic acids is 1. The first kappa shape index (κ1) is 13.1. The van der Waals surface area contributed by atoms with Gasteiger partial charge in [0, 0.05) is 23.6 Å². The van der Waals surface area contributed by atoms with Crippen molar-refractivity contribution >= 4 is 16.8 Å². The Morgan fingerprint density at radius 2 is 2.32 bits per heavy atom. The molecule has 1 saturated heterocycles. The van der Waals surface area contributed by atoms with E-state index in [9.17, 15) is 4.79 Å². The molecule has 0 radical (unpaired) electrons. The van der Waals surface area contributed by atoms with Crippen molar-refractivity contribution in [2.45, 2.75) is 25.8 Å². The van der Waals surface area contributed by atoms with Crippen LogP contribution in [0, 0.1) is 6.92 Å². The third kappa shape index (κ3) is 2.07. The molecule has 6 nitrogen and oxygen atoms in total. The minimum absolute atomic E-state index is 0.00463. The SMILES string of the molecule is Cc1cc(C2CCCN2C(=O)c2ccc3[nH]ncc3c2)no1. The number of aromatic nitrogens is 3. The minimum atomic E-state index is 0.00463. The van der Waals surface area contributed by atoms with Crippen LogP contribution >= 0.6 is 0 Å². The zero-order valence-corrected chi connectivity index (χ0v) is 12.2. The molecule has 1 aliphatic heterocycles. The molecule has 3 aromatic rings. The third-order valence-electron chi connectivity index (χ3n) is 4.19. The molecular formula is C16H16N4O2. The van der Waals surface area contributed by atoms with Gasteiger partial charge in [-0.2, -0.15) is 5.10 Å². The van der Waals surface area contributed by atoms with Crippen LogP contribution in [0.2, 0.25) is 0 Å². The van der Waals surface area contributed by atoms with E-state index in [1.165, 1.54) is 0 Å². The molecule has 1 fully saturated rings. The molecular weight excluding hydrogens is 280 g/mol. The second kappa shape index (κ2) is 4.98. The van der Waals surface area contributed by atoms with Crippen molar-refractivity contribution in [3.63, 3.8) is 0 Å². The Morgan fingerprint density at radius 1 is 1.41 bits per heavy atom. The largest absolute Gasteiger partial charge is 0.361 e. The van der Waals surface area contributed by atoms with E-state index >= 15 is 0 Å². The van der Waals surface area contributed by atoms with Crippen molar-refractivity contribution in [3.8, 4) is 0 Å². The van der Waals surface area contributed by atoms with Crippen LogP contribution in [0.3, 0.4) is 0 Å². The Kier molecular flexibility index (Phi) is 2.96. The number of hydrogen-bond donors (Lipinski definition) is 1. The Morgan fingerprint density at radius 3 is 3.14 bits per heavy atom. The van der Waals surface area contributed by atoms with E-state index in [1.807, 2.05) is 36.1 Å². The highest BCUT2D eigenvalue weighted by atomic mass is 16.5. The number of rotatable bonds is 2. The summed E-state index contributed by atoms with van der Waals surface area (Å²) in [5.74, 6) is 0.806. The second-order valence-corrected chi connectivity index (χ2v) is 5.69. The van der Waals surface area contributed by atoms with Crippen molar-refractivity contribution in [2.75, 3.05) is 6.54 Å². The fourth-order valence-electron chi connectivity index (χ4n) is 3.10. The van der Waals surface area contributed by atoms with Crippen LogP contribution < -0.4 is 0 Å². The number of aryl methyl sites for hydroxylation is 1. The summed E-state index contributed by atoms with van der Waals surface area (Å²) < 4.78 is 5.16. The van der Waals surface area contributed by atoms with Crippen LogP contribution in [0.15, 0.2) is 35.0 Å². The van der Waals surface area contributed by atoms with Crippen molar-refractivity contribution in [2.24, 2.45) is 0 Å². The van der Waals surface area contributed by atoms with Gasteiger partial charge in [-0.1, -0.05) is 5.16 Å². The molecule has 1 aromatic carbocycles. The van der Waals surface area contributed by atoms with Crippen LogP contribution in [-0.4, -0.2) is 32.7 Å². The summed E-state index contributed by atoms with van der Waals surface area (Å²) in [6, 6.07) is 7.53. The highest BCUT2D eigenvalue weighted by molar-refractivity contribution is 5.98. The number of hydrogen-bond acceptors (Lipinski definition) is 4. The topological polar surface area (TPSA) is 75.0 Å². The summed E-state index contributed by atoms with van der Waals surface area (Å²) in [7, 11) is 0. The molecule has 1 unspecified atom stereocenters. The maximum atomic E-state index is 12.8. The summed E-state index contributed by atoms with van der Waals surface area (Å²) in [5, 5.41) is 11.9. The standard InChI is InChI=1S/C16H16N4O2/c1-10-7-14(19-22-10)15-3-2-6-20(15)16(21)11-4-5-13-12(8-11)9-17-18-13/h4-5,7-9,15H,2-3,6H2,1H3,(H,17,18). The maximum Gasteiger partial charge on any atom is 0.254 e. The van der Waals surface area contributed by atoms with Gasteiger partial charge in [0.05, 0.1) is 17.8 Å². The minimum Gasteiger partial charge on any atom is -0.361 e. The van der Waals surface area contributed by atoms with Crippen molar-refractivity contribution in [1.82, 2.24) is 20.3 Å². The molecule has 1 amide bonds. The first-order valence-electron chi connectivity index (χ1n) is 7.40. The van der Waals surface area contributed by atoms with Gasteiger partial charge < -0.3 is 9.42 Å². The second-order valence-electron chi connectivity index (χ2n) is 5.69. The number of carbonyl (C=O) groups is 1. The number of likely N-dealkylation sites (tertiary alicyclic amines) is 1. The van der Waals surface area contributed by atoms with E-state index in [0.29, 0.717) is 5.56 Å². The smallest absolute Gasteiger partial charge is 0.254 e. The van der Waals surface area contributed by atoms with Crippen LogP contribution in [0.4, 0.5) is 0 Å². The van der Waals surface area contributed by atoms with Gasteiger partial charge in [-0.25, -0.2) is 0 Å². The fourth-order valence-corrected chi connectivity index (χ4v) is 3.10. The maximum absolute atomic E-state index is 12.8. The van der Waals surface area contributed by atoms with Gasteiger partial charge in [0.2, 0.25) is 0 Å². The zero-order chi connectivity index (χ0) is 15.1. The summed E-state index contributed by atoms with van der Waals surface area (Å²) in [4.78, 5) is 14.7. The molecule has 0 saturated carbocycles. The lowest BCUT2D eigenvalue weighted by Crippen LogP contribution is -2.30. The Labute approximate surface area is 127 Å². The lowest BCUT2D eigenvalue weighted by Gasteiger charge is -2.23. The van der Waals surface area contributed by atoms with E-state index < -0.39 is 0 Å². The molecule has 3 heterocycles. The Bertz CT molecular complexity index is 835. The van der Waals surface area contributed by atoms with Crippen molar-refractivity contribution in [1.29, 1.82) is 0 Å². The summed E-state index contributed by atoms with van der Waals surface area (Å²) in [6.45, 7) is 2.61. The van der Waals surface area contributed by atoms with E-state index in [0.717, 1.165) is 41.7 Å². The number of nitrogens with zero attached hydrogens (tertiary/aromatic N) is 3. The molecule has 0 bridgehead atoms. The number of amides is 1. The molecule has 4 rings (SSSR count). The monoisotopic (exact) mass is 296 g/mol. The number of aromatic amines is 1. The van der Waals surface area contributed by atoms with Gasteiger partial charge in [0.1, 0.15) is 11.5 Å². The van der Waals surface area contributed by atoms with Gasteiger partial charge in [0.25, 0.3) is 5.91 Å². The van der Waals surface area contributed by atoms with Gasteiger partial charge in [-0.3, -0.25) is 9.89 Å². The zero-order valence-electron chi connectivity index (χ0n) is 12.2. The summed E-state index contributed by atoms with van der Waals surface area (Å²) in [6.07, 6.45) is 3.64. The molecule has 1 N–H and O–H groups in total. The lowest BCUT2D eigenvalue weighted by molar-refractivity contribution is 0.0731. The summed E-state index contributed by atoms with van der Waals surface area (Å²) >= 11 is 0. The molecule has 2 aromatic heterocycles. The molecule has 6 heteroatoms. The molecule has 0 aliphatic carbocycles. The highest BCUT2D eigenvalue weighted by Crippen LogP contribution is 2.33. The molecule has 1 atom stereocenters. The molecule has 0 spiro atoms. The average Bonchev–Trinajstić information content (AvgIpc) is 3.25. The van der Waals surface area contributed by atoms with Crippen LogP contribution in [0.5, 0.6) is 0 Å². The van der Waals surface area contributed by atoms with E-state index in [2.05, 4.69) is 15.4 Å². The number of H-pyrrole nitrogens is 1. The fraction of sp³-hybridized carbons (Fsp3) is 0.312. The van der Waals surface area contributed by atoms with Gasteiger partial charge in [-0.15, -0.1) is 0 Å². The van der Waals surface area contributed by atoms with Crippen LogP contribution in [0.25, 0.3) is 10.9 Å². The van der Waals surface area contributed by atoms with E-state index in [4.69, 9.17) is 4.52 Å². The van der Waals surface area contributed by atoms with Gasteiger partial charge >= 0.3 is 0 Å². The quantitative estimate of drug-likeness (QED) is 0.789. The van der Waals surface area contributed by atoms with Crippen molar-refractivity contribution in [3.05, 3.63) is 47.5 Å². The first-order chi connectivity index (χ1) is 10.7. The molecule has 1 aliphatic rings. The number of fused-ring (bicyclic) bond motifs is 1. The molecule has 22 heavy (non-hydrogen) atoms. The Balaban J connectivity index is 1.65. The normalized spacial score (nSPS) is 18.2. The predicted octanol–water partition coefficient (Wildman–Crippen LogP) is 2.84. The number of benzene rings is 1. The average molecular weight is 296 g/mol. The molecule has 112 valence electrons. The van der Waals surface area contributed by atoms with E-state index in [-0.39, 0.29) is 11.9 Å².